The fourth-order valence-corrected chi connectivity index (χ4v) is 1.01. The molecule has 4 heteroatoms. The number of carbonyl (C=O) groups is 1. The SMILES string of the molecule is CCOC(=O)C(CC)NCC(C)(C)O. The summed E-state index contributed by atoms with van der Waals surface area (Å²) in [6, 6.07) is -0.318. The van der Waals surface area contributed by atoms with Gasteiger partial charge in [-0.1, -0.05) is 6.92 Å². The van der Waals surface area contributed by atoms with Crippen molar-refractivity contribution in [3.63, 3.8) is 0 Å². The molecule has 0 rings (SSSR count). The molecule has 4 nitrogen and oxygen atoms in total. The molecule has 0 aromatic rings. The van der Waals surface area contributed by atoms with Gasteiger partial charge < -0.3 is 15.2 Å². The molecule has 84 valence electrons. The van der Waals surface area contributed by atoms with Gasteiger partial charge in [-0.2, -0.15) is 0 Å². The lowest BCUT2D eigenvalue weighted by molar-refractivity contribution is -0.145. The Labute approximate surface area is 85.6 Å². The molecule has 0 saturated carbocycles. The fraction of sp³-hybridized carbons (Fsp3) is 0.900. The van der Waals surface area contributed by atoms with Crippen molar-refractivity contribution in [2.24, 2.45) is 0 Å². The Hall–Kier alpha value is -0.610. The Morgan fingerprint density at radius 1 is 1.50 bits per heavy atom. The van der Waals surface area contributed by atoms with Crippen LogP contribution in [0, 0.1) is 0 Å². The van der Waals surface area contributed by atoms with Crippen LogP contribution in [0.25, 0.3) is 0 Å². The Morgan fingerprint density at radius 3 is 2.43 bits per heavy atom. The molecular formula is C10H21NO3. The second-order valence-corrected chi connectivity index (χ2v) is 3.91. The lowest BCUT2D eigenvalue weighted by atomic mass is 10.1. The average molecular weight is 203 g/mol. The van der Waals surface area contributed by atoms with Crippen molar-refractivity contribution >= 4 is 5.97 Å². The molecule has 0 amide bonds. The lowest BCUT2D eigenvalue weighted by Crippen LogP contribution is -2.44. The summed E-state index contributed by atoms with van der Waals surface area (Å²) < 4.78 is 4.88. The number of carbonyl (C=O) groups excluding carboxylic acids is 1. The third kappa shape index (κ3) is 5.94. The van der Waals surface area contributed by atoms with Crippen LogP contribution in [0.5, 0.6) is 0 Å². The van der Waals surface area contributed by atoms with E-state index in [9.17, 15) is 9.90 Å². The summed E-state index contributed by atoms with van der Waals surface area (Å²) in [5, 5.41) is 12.4. The van der Waals surface area contributed by atoms with Gasteiger partial charge >= 0.3 is 5.97 Å². The molecule has 0 saturated heterocycles. The zero-order valence-corrected chi connectivity index (χ0v) is 9.46. The average Bonchev–Trinajstić information content (AvgIpc) is 2.03. The Morgan fingerprint density at radius 2 is 2.07 bits per heavy atom. The molecule has 0 aliphatic rings. The van der Waals surface area contributed by atoms with Crippen LogP contribution in [0.15, 0.2) is 0 Å². The lowest BCUT2D eigenvalue weighted by Gasteiger charge is -2.22. The van der Waals surface area contributed by atoms with Crippen LogP contribution in [0.2, 0.25) is 0 Å². The normalized spacial score (nSPS) is 13.8. The molecule has 1 atom stereocenters. The summed E-state index contributed by atoms with van der Waals surface area (Å²) in [7, 11) is 0. The summed E-state index contributed by atoms with van der Waals surface area (Å²) in [6.45, 7) is 7.83. The smallest absolute Gasteiger partial charge is 0.323 e. The van der Waals surface area contributed by atoms with Crippen LogP contribution >= 0.6 is 0 Å². The fourth-order valence-electron chi connectivity index (χ4n) is 1.01. The molecular weight excluding hydrogens is 182 g/mol. The van der Waals surface area contributed by atoms with Crippen LogP contribution in [0.1, 0.15) is 34.1 Å². The molecule has 0 heterocycles. The first-order valence-corrected chi connectivity index (χ1v) is 5.03. The topological polar surface area (TPSA) is 58.6 Å². The number of aliphatic hydroxyl groups is 1. The number of hydrogen-bond acceptors (Lipinski definition) is 4. The van der Waals surface area contributed by atoms with Gasteiger partial charge in [0.25, 0.3) is 0 Å². The summed E-state index contributed by atoms with van der Waals surface area (Å²) in [4.78, 5) is 11.3. The van der Waals surface area contributed by atoms with Crippen LogP contribution in [0.4, 0.5) is 0 Å². The van der Waals surface area contributed by atoms with Gasteiger partial charge in [0.1, 0.15) is 6.04 Å². The number of nitrogens with one attached hydrogen (secondary N) is 1. The van der Waals surface area contributed by atoms with Crippen LogP contribution < -0.4 is 5.32 Å². The maximum absolute atomic E-state index is 11.3. The highest BCUT2D eigenvalue weighted by atomic mass is 16.5. The van der Waals surface area contributed by atoms with Gasteiger partial charge in [0.15, 0.2) is 0 Å². The van der Waals surface area contributed by atoms with E-state index in [4.69, 9.17) is 4.74 Å². The van der Waals surface area contributed by atoms with Crippen LogP contribution in [0.3, 0.4) is 0 Å². The van der Waals surface area contributed by atoms with Crippen LogP contribution in [-0.4, -0.2) is 35.9 Å². The zero-order chi connectivity index (χ0) is 11.2. The van der Waals surface area contributed by atoms with E-state index >= 15 is 0 Å². The summed E-state index contributed by atoms with van der Waals surface area (Å²) >= 11 is 0. The highest BCUT2D eigenvalue weighted by molar-refractivity contribution is 5.75. The first kappa shape index (κ1) is 13.4. The maximum Gasteiger partial charge on any atom is 0.323 e. The van der Waals surface area contributed by atoms with E-state index in [0.717, 1.165) is 0 Å². The second-order valence-electron chi connectivity index (χ2n) is 3.91. The van der Waals surface area contributed by atoms with Gasteiger partial charge in [0.05, 0.1) is 12.2 Å². The summed E-state index contributed by atoms with van der Waals surface area (Å²) in [6.07, 6.45) is 0.662. The molecule has 1 unspecified atom stereocenters. The van der Waals surface area contributed by atoms with Crippen molar-refractivity contribution in [1.29, 1.82) is 0 Å². The van der Waals surface area contributed by atoms with E-state index in [-0.39, 0.29) is 12.0 Å². The van der Waals surface area contributed by atoms with Crippen molar-refractivity contribution in [1.82, 2.24) is 5.32 Å². The van der Waals surface area contributed by atoms with Crippen molar-refractivity contribution in [3.8, 4) is 0 Å². The predicted molar refractivity (Wildman–Crippen MR) is 55.0 cm³/mol. The van der Waals surface area contributed by atoms with Crippen molar-refractivity contribution < 1.29 is 14.6 Å². The maximum atomic E-state index is 11.3. The third-order valence-electron chi connectivity index (χ3n) is 1.76. The number of esters is 1. The Balaban J connectivity index is 3.97. The zero-order valence-electron chi connectivity index (χ0n) is 9.46. The molecule has 0 spiro atoms. The van der Waals surface area contributed by atoms with Gasteiger partial charge in [-0.05, 0) is 27.2 Å². The molecule has 14 heavy (non-hydrogen) atoms. The minimum absolute atomic E-state index is 0.251. The molecule has 2 N–H and O–H groups in total. The van der Waals surface area contributed by atoms with Crippen molar-refractivity contribution in [2.45, 2.75) is 45.8 Å². The molecule has 0 aromatic heterocycles. The predicted octanol–water partition coefficient (Wildman–Crippen LogP) is 0.689. The standard InChI is InChI=1S/C10H21NO3/c1-5-8(9(12)14-6-2)11-7-10(3,4)13/h8,11,13H,5-7H2,1-4H3. The first-order chi connectivity index (χ1) is 6.40. The van der Waals surface area contributed by atoms with E-state index in [2.05, 4.69) is 5.32 Å². The largest absolute Gasteiger partial charge is 0.465 e. The van der Waals surface area contributed by atoms with Gasteiger partial charge in [0.2, 0.25) is 0 Å². The molecule has 0 aliphatic carbocycles. The molecule has 0 aliphatic heterocycles. The van der Waals surface area contributed by atoms with E-state index in [1.807, 2.05) is 6.92 Å². The highest BCUT2D eigenvalue weighted by Gasteiger charge is 2.20. The molecule has 0 fully saturated rings. The van der Waals surface area contributed by atoms with Crippen LogP contribution in [-0.2, 0) is 9.53 Å². The molecule has 0 bridgehead atoms. The third-order valence-corrected chi connectivity index (χ3v) is 1.76. The van der Waals surface area contributed by atoms with Gasteiger partial charge in [-0.25, -0.2) is 0 Å². The first-order valence-electron chi connectivity index (χ1n) is 5.03. The highest BCUT2D eigenvalue weighted by Crippen LogP contribution is 2.01. The van der Waals surface area contributed by atoms with E-state index in [0.29, 0.717) is 19.6 Å². The number of ether oxygens (including phenoxy) is 1. The quantitative estimate of drug-likeness (QED) is 0.624. The minimum atomic E-state index is -0.806. The Bertz CT molecular complexity index is 175. The van der Waals surface area contributed by atoms with Crippen molar-refractivity contribution in [2.75, 3.05) is 13.2 Å². The second kappa shape index (κ2) is 5.98. The molecule has 0 aromatic carbocycles. The van der Waals surface area contributed by atoms with E-state index < -0.39 is 5.60 Å². The van der Waals surface area contributed by atoms with Gasteiger partial charge in [-0.3, -0.25) is 4.79 Å². The number of hydrogen-bond donors (Lipinski definition) is 2. The summed E-state index contributed by atoms with van der Waals surface area (Å²) in [5.41, 5.74) is -0.806. The monoisotopic (exact) mass is 203 g/mol. The van der Waals surface area contributed by atoms with Gasteiger partial charge in [-0.15, -0.1) is 0 Å². The summed E-state index contributed by atoms with van der Waals surface area (Å²) in [5.74, 6) is -0.251. The van der Waals surface area contributed by atoms with E-state index in [1.54, 1.807) is 20.8 Å². The number of rotatable bonds is 6. The minimum Gasteiger partial charge on any atom is -0.465 e. The van der Waals surface area contributed by atoms with Gasteiger partial charge in [0, 0.05) is 6.54 Å². The Kier molecular flexibility index (Phi) is 5.72. The molecule has 0 radical (unpaired) electrons. The van der Waals surface area contributed by atoms with Crippen molar-refractivity contribution in [3.05, 3.63) is 0 Å². The van der Waals surface area contributed by atoms with E-state index in [1.165, 1.54) is 0 Å².